The van der Waals surface area contributed by atoms with Gasteiger partial charge >= 0.3 is 0 Å². The molecule has 0 bridgehead atoms. The molecular weight excluding hydrogens is 208 g/mol. The first-order valence-electron chi connectivity index (χ1n) is 4.79. The molecule has 0 fully saturated rings. The summed E-state index contributed by atoms with van der Waals surface area (Å²) >= 11 is 1.65. The average molecular weight is 220 g/mol. The molecule has 15 heavy (non-hydrogen) atoms. The minimum absolute atomic E-state index is 0.191. The lowest BCUT2D eigenvalue weighted by atomic mass is 10.2. The number of hydrogen-bond donors (Lipinski definition) is 1. The van der Waals surface area contributed by atoms with Crippen LogP contribution in [0.1, 0.15) is 10.4 Å². The van der Waals surface area contributed by atoms with Gasteiger partial charge in [0.1, 0.15) is 0 Å². The highest BCUT2D eigenvalue weighted by Gasteiger charge is 2.08. The molecule has 2 aromatic rings. The fraction of sp³-hybridized carbons (Fsp3) is 0.273. The molecule has 0 spiro atoms. The maximum Gasteiger partial charge on any atom is 0.169 e. The first-order chi connectivity index (χ1) is 7.31. The number of hydrogen-bond acceptors (Lipinski definition) is 4. The molecule has 0 saturated carbocycles. The molecule has 0 atom stereocenters. The Morgan fingerprint density at radius 2 is 2.07 bits per heavy atom. The fourth-order valence-electron chi connectivity index (χ4n) is 1.41. The second kappa shape index (κ2) is 4.51. The van der Waals surface area contributed by atoms with Crippen LogP contribution >= 0.6 is 11.3 Å². The number of rotatable bonds is 3. The van der Waals surface area contributed by atoms with Crippen molar-refractivity contribution in [2.24, 2.45) is 0 Å². The molecular formula is C11H12N2OS. The number of aryl methyl sites for hydroxylation is 1. The zero-order valence-electron chi connectivity index (χ0n) is 8.47. The van der Waals surface area contributed by atoms with Crippen molar-refractivity contribution < 1.29 is 5.11 Å². The van der Waals surface area contributed by atoms with E-state index in [4.69, 9.17) is 5.11 Å². The van der Waals surface area contributed by atoms with E-state index in [0.717, 1.165) is 10.7 Å². The topological polar surface area (TPSA) is 46.0 Å². The molecule has 0 saturated heterocycles. The van der Waals surface area contributed by atoms with Gasteiger partial charge in [0, 0.05) is 30.3 Å². The van der Waals surface area contributed by atoms with E-state index in [-0.39, 0.29) is 6.61 Å². The van der Waals surface area contributed by atoms with Gasteiger partial charge in [-0.1, -0.05) is 0 Å². The Hall–Kier alpha value is -1.26. The summed E-state index contributed by atoms with van der Waals surface area (Å²) in [7, 11) is 0. The molecule has 2 rings (SSSR count). The predicted octanol–water partition coefficient (Wildman–Crippen LogP) is 2.05. The second-order valence-corrected chi connectivity index (χ2v) is 4.40. The van der Waals surface area contributed by atoms with Crippen LogP contribution in [0.2, 0.25) is 0 Å². The Morgan fingerprint density at radius 3 is 2.73 bits per heavy atom. The van der Waals surface area contributed by atoms with Crippen molar-refractivity contribution in [3.8, 4) is 10.7 Å². The zero-order valence-corrected chi connectivity index (χ0v) is 9.29. The summed E-state index contributed by atoms with van der Waals surface area (Å²) in [6.45, 7) is 2.24. The highest BCUT2D eigenvalue weighted by molar-refractivity contribution is 7.15. The van der Waals surface area contributed by atoms with Crippen molar-refractivity contribution in [3.63, 3.8) is 0 Å². The van der Waals surface area contributed by atoms with Crippen molar-refractivity contribution in [1.29, 1.82) is 0 Å². The number of aliphatic hydroxyl groups is 1. The maximum absolute atomic E-state index is 8.90. The van der Waals surface area contributed by atoms with E-state index in [1.807, 2.05) is 6.92 Å². The molecule has 0 aromatic carbocycles. The highest BCUT2D eigenvalue weighted by atomic mass is 32.1. The number of aromatic nitrogens is 2. The van der Waals surface area contributed by atoms with Crippen LogP contribution in [0.5, 0.6) is 0 Å². The van der Waals surface area contributed by atoms with Gasteiger partial charge in [0.05, 0.1) is 4.88 Å². The Morgan fingerprint density at radius 1 is 1.33 bits per heavy atom. The monoisotopic (exact) mass is 220 g/mol. The minimum atomic E-state index is 0.191. The molecule has 1 N–H and O–H groups in total. The summed E-state index contributed by atoms with van der Waals surface area (Å²) in [5.41, 5.74) is 1.21. The molecule has 2 heterocycles. The highest BCUT2D eigenvalue weighted by Crippen LogP contribution is 2.28. The smallest absolute Gasteiger partial charge is 0.169 e. The summed E-state index contributed by atoms with van der Waals surface area (Å²) in [5.74, 6) is 0.759. The van der Waals surface area contributed by atoms with Gasteiger partial charge in [-0.05, 0) is 24.6 Å². The van der Waals surface area contributed by atoms with Crippen LogP contribution in [-0.4, -0.2) is 21.7 Å². The van der Waals surface area contributed by atoms with Crippen LogP contribution in [0.15, 0.2) is 24.5 Å². The molecule has 0 aliphatic carbocycles. The van der Waals surface area contributed by atoms with Gasteiger partial charge in [-0.15, -0.1) is 11.3 Å². The van der Waals surface area contributed by atoms with Crippen LogP contribution in [0, 0.1) is 6.92 Å². The van der Waals surface area contributed by atoms with Crippen molar-refractivity contribution >= 4 is 11.3 Å². The Balaban J connectivity index is 2.34. The van der Waals surface area contributed by atoms with E-state index in [0.29, 0.717) is 6.42 Å². The van der Waals surface area contributed by atoms with E-state index >= 15 is 0 Å². The third-order valence-corrected chi connectivity index (χ3v) is 3.44. The second-order valence-electron chi connectivity index (χ2n) is 3.26. The average Bonchev–Trinajstić information content (AvgIpc) is 2.63. The number of aliphatic hydroxyl groups excluding tert-OH is 1. The summed E-state index contributed by atoms with van der Waals surface area (Å²) in [6, 6.07) is 3.88. The Bertz CT molecular complexity index is 439. The first kappa shape index (κ1) is 10.3. The van der Waals surface area contributed by atoms with E-state index in [1.54, 1.807) is 29.8 Å². The van der Waals surface area contributed by atoms with E-state index in [2.05, 4.69) is 16.0 Å². The molecule has 0 unspecified atom stereocenters. The van der Waals surface area contributed by atoms with Crippen molar-refractivity contribution in [2.45, 2.75) is 13.3 Å². The predicted molar refractivity (Wildman–Crippen MR) is 60.9 cm³/mol. The van der Waals surface area contributed by atoms with Gasteiger partial charge in [0.25, 0.3) is 0 Å². The summed E-state index contributed by atoms with van der Waals surface area (Å²) in [4.78, 5) is 10.7. The third-order valence-electron chi connectivity index (χ3n) is 2.15. The van der Waals surface area contributed by atoms with E-state index in [1.165, 1.54) is 10.4 Å². The largest absolute Gasteiger partial charge is 0.396 e. The lowest BCUT2D eigenvalue weighted by Gasteiger charge is -1.93. The van der Waals surface area contributed by atoms with Crippen LogP contribution < -0.4 is 0 Å². The quantitative estimate of drug-likeness (QED) is 0.861. The van der Waals surface area contributed by atoms with Crippen LogP contribution in [0.3, 0.4) is 0 Å². The normalized spacial score (nSPS) is 10.5. The molecule has 4 heteroatoms. The summed E-state index contributed by atoms with van der Waals surface area (Å²) < 4.78 is 0. The first-order valence-corrected chi connectivity index (χ1v) is 5.60. The van der Waals surface area contributed by atoms with Gasteiger partial charge in [-0.3, -0.25) is 0 Å². The number of nitrogens with zero attached hydrogens (tertiary/aromatic N) is 2. The van der Waals surface area contributed by atoms with Crippen LogP contribution in [0.25, 0.3) is 10.7 Å². The van der Waals surface area contributed by atoms with Gasteiger partial charge in [-0.2, -0.15) is 0 Å². The van der Waals surface area contributed by atoms with E-state index < -0.39 is 0 Å². The molecule has 78 valence electrons. The lowest BCUT2D eigenvalue weighted by Crippen LogP contribution is -1.87. The summed E-state index contributed by atoms with van der Waals surface area (Å²) in [5, 5.41) is 8.90. The lowest BCUT2D eigenvalue weighted by molar-refractivity contribution is 0.300. The minimum Gasteiger partial charge on any atom is -0.396 e. The standard InChI is InChI=1S/C11H12N2OS/c1-8-7-10(15-9(8)3-6-14)11-12-4-2-5-13-11/h2,4-5,7,14H,3,6H2,1H3. The van der Waals surface area contributed by atoms with Crippen molar-refractivity contribution in [2.75, 3.05) is 6.61 Å². The van der Waals surface area contributed by atoms with E-state index in [9.17, 15) is 0 Å². The molecule has 0 aliphatic rings. The molecule has 2 aromatic heterocycles. The van der Waals surface area contributed by atoms with Crippen molar-refractivity contribution in [3.05, 3.63) is 35.0 Å². The SMILES string of the molecule is Cc1cc(-c2ncccn2)sc1CCO. The Kier molecular flexibility index (Phi) is 3.08. The maximum atomic E-state index is 8.90. The van der Waals surface area contributed by atoms with Crippen molar-refractivity contribution in [1.82, 2.24) is 9.97 Å². The zero-order chi connectivity index (χ0) is 10.7. The van der Waals surface area contributed by atoms with Crippen LogP contribution in [-0.2, 0) is 6.42 Å². The fourth-order valence-corrected chi connectivity index (χ4v) is 2.52. The molecule has 3 nitrogen and oxygen atoms in total. The van der Waals surface area contributed by atoms with Gasteiger partial charge in [0.15, 0.2) is 5.82 Å². The Labute approximate surface area is 92.5 Å². The summed E-state index contributed by atoms with van der Waals surface area (Å²) in [6.07, 6.45) is 4.19. The molecule has 0 radical (unpaired) electrons. The molecule has 0 amide bonds. The number of thiophene rings is 1. The van der Waals surface area contributed by atoms with Gasteiger partial charge in [0.2, 0.25) is 0 Å². The third kappa shape index (κ3) is 2.22. The molecule has 0 aliphatic heterocycles. The van der Waals surface area contributed by atoms with Gasteiger partial charge < -0.3 is 5.11 Å². The van der Waals surface area contributed by atoms with Gasteiger partial charge in [-0.25, -0.2) is 9.97 Å². The van der Waals surface area contributed by atoms with Crippen LogP contribution in [0.4, 0.5) is 0 Å².